The molecule has 1 aromatic heterocycles. The summed E-state index contributed by atoms with van der Waals surface area (Å²) in [6.07, 6.45) is 4.62. The lowest BCUT2D eigenvalue weighted by Gasteiger charge is -2.34. The Labute approximate surface area is 259 Å². The van der Waals surface area contributed by atoms with E-state index >= 15 is 0 Å². The lowest BCUT2D eigenvalue weighted by Crippen LogP contribution is -2.42. The van der Waals surface area contributed by atoms with Gasteiger partial charge in [0.2, 0.25) is 0 Å². The number of methoxy groups -OCH3 is 1. The van der Waals surface area contributed by atoms with Crippen LogP contribution in [0.4, 0.5) is 9.18 Å². The van der Waals surface area contributed by atoms with E-state index in [0.717, 1.165) is 43.9 Å². The van der Waals surface area contributed by atoms with Crippen LogP contribution in [0.2, 0.25) is 0 Å². The van der Waals surface area contributed by atoms with E-state index in [-0.39, 0.29) is 23.7 Å². The number of hydrogen-bond acceptors (Lipinski definition) is 6. The average Bonchev–Trinajstić information content (AvgIpc) is 3.46. The Morgan fingerprint density at radius 2 is 1.66 bits per heavy atom. The monoisotopic (exact) mass is 605 g/mol. The van der Waals surface area contributed by atoms with Gasteiger partial charge in [-0.1, -0.05) is 18.2 Å². The van der Waals surface area contributed by atoms with Crippen molar-refractivity contribution in [1.29, 1.82) is 0 Å². The summed E-state index contributed by atoms with van der Waals surface area (Å²) in [5, 5.41) is 7.77. The van der Waals surface area contributed by atoms with Crippen LogP contribution in [0.1, 0.15) is 74.0 Å². The van der Waals surface area contributed by atoms with Gasteiger partial charge in [-0.05, 0) is 95.8 Å². The summed E-state index contributed by atoms with van der Waals surface area (Å²) in [5.41, 5.74) is 2.64. The maximum absolute atomic E-state index is 13.7. The van der Waals surface area contributed by atoms with Crippen molar-refractivity contribution in [2.45, 2.75) is 64.5 Å². The molecule has 5 rings (SSSR count). The summed E-state index contributed by atoms with van der Waals surface area (Å²) < 4.78 is 26.6. The van der Waals surface area contributed by atoms with E-state index < -0.39 is 5.60 Å². The fourth-order valence-electron chi connectivity index (χ4n) is 6.13. The van der Waals surface area contributed by atoms with Crippen LogP contribution in [0, 0.1) is 11.7 Å². The molecule has 0 aliphatic carbocycles. The molecule has 2 saturated heterocycles. The summed E-state index contributed by atoms with van der Waals surface area (Å²) in [7, 11) is 1.70. The van der Waals surface area contributed by atoms with Gasteiger partial charge in [-0.15, -0.1) is 0 Å². The highest BCUT2D eigenvalue weighted by Gasteiger charge is 2.32. The summed E-state index contributed by atoms with van der Waals surface area (Å²) in [6.45, 7) is 9.97. The third-order valence-electron chi connectivity index (χ3n) is 8.50. The molecule has 0 bridgehead atoms. The first kappa shape index (κ1) is 31.5. The second-order valence-electron chi connectivity index (χ2n) is 12.8. The molecule has 10 heteroatoms. The van der Waals surface area contributed by atoms with Crippen LogP contribution in [0.15, 0.2) is 54.7 Å². The van der Waals surface area contributed by atoms with E-state index in [1.54, 1.807) is 35.0 Å². The highest BCUT2D eigenvalue weighted by Crippen LogP contribution is 2.33. The smallest absolute Gasteiger partial charge is 0.410 e. The molecule has 0 atom stereocenters. The molecule has 44 heavy (non-hydrogen) atoms. The van der Waals surface area contributed by atoms with Crippen LogP contribution in [0.5, 0.6) is 5.75 Å². The molecule has 2 fully saturated rings. The molecule has 0 unspecified atom stereocenters. The molecule has 3 aromatic rings. The second-order valence-corrected chi connectivity index (χ2v) is 12.8. The summed E-state index contributed by atoms with van der Waals surface area (Å²) >= 11 is 0. The van der Waals surface area contributed by atoms with Gasteiger partial charge < -0.3 is 19.7 Å². The number of carbonyl (C=O) groups is 2. The van der Waals surface area contributed by atoms with E-state index in [0.29, 0.717) is 49.6 Å². The second kappa shape index (κ2) is 13.8. The highest BCUT2D eigenvalue weighted by atomic mass is 19.1. The largest absolute Gasteiger partial charge is 0.496 e. The van der Waals surface area contributed by atoms with E-state index in [1.165, 1.54) is 17.7 Å². The fourth-order valence-corrected chi connectivity index (χ4v) is 6.13. The van der Waals surface area contributed by atoms with Crippen LogP contribution in [0.3, 0.4) is 0 Å². The molecule has 0 radical (unpaired) electrons. The molecule has 0 spiro atoms. The van der Waals surface area contributed by atoms with Crippen LogP contribution in [-0.2, 0) is 11.3 Å². The van der Waals surface area contributed by atoms with Gasteiger partial charge in [-0.2, -0.15) is 5.10 Å². The normalized spacial score (nSPS) is 17.0. The summed E-state index contributed by atoms with van der Waals surface area (Å²) in [4.78, 5) is 30.4. The molecule has 2 aliphatic rings. The van der Waals surface area contributed by atoms with Crippen LogP contribution in [0.25, 0.3) is 5.69 Å². The van der Waals surface area contributed by atoms with Gasteiger partial charge in [0, 0.05) is 37.7 Å². The Hall–Kier alpha value is -3.92. The number of aromatic nitrogens is 2. The number of carbonyl (C=O) groups excluding carboxylic acids is 2. The molecule has 0 saturated carbocycles. The lowest BCUT2D eigenvalue weighted by atomic mass is 9.90. The summed E-state index contributed by atoms with van der Waals surface area (Å²) in [6, 6.07) is 14.3. The molecule has 3 heterocycles. The Balaban J connectivity index is 1.23. The number of amides is 2. The van der Waals surface area contributed by atoms with E-state index in [1.807, 2.05) is 39.0 Å². The number of nitrogens with one attached hydrogen (secondary N) is 1. The molecule has 2 aliphatic heterocycles. The number of piperidine rings is 2. The zero-order valence-corrected chi connectivity index (χ0v) is 26.2. The SMILES string of the molecule is COc1ccccc1CN1CCC(CNC(=O)c2cnn(-c3ccc(F)cc3)c2C2CCN(C(=O)OC(C)(C)C)CC2)CC1. The van der Waals surface area contributed by atoms with Crippen molar-refractivity contribution in [2.24, 2.45) is 5.92 Å². The molecular weight excluding hydrogens is 561 g/mol. The summed E-state index contributed by atoms with van der Waals surface area (Å²) in [5.74, 6) is 0.814. The van der Waals surface area contributed by atoms with Gasteiger partial charge in [0.25, 0.3) is 5.91 Å². The van der Waals surface area contributed by atoms with Crippen molar-refractivity contribution in [3.63, 3.8) is 0 Å². The standard InChI is InChI=1S/C34H44FN5O4/c1-34(2,3)44-33(42)39-19-15-25(16-20-39)31-29(22-37-40(31)28-11-9-27(35)10-12-28)32(41)36-21-24-13-17-38(18-14-24)23-26-7-5-6-8-30(26)43-4/h5-12,22,24-25H,13-21,23H2,1-4H3,(H,36,41). The Morgan fingerprint density at radius 1 is 0.977 bits per heavy atom. The third kappa shape index (κ3) is 7.77. The van der Waals surface area contributed by atoms with Gasteiger partial charge in [0.15, 0.2) is 0 Å². The molecule has 2 amide bonds. The molecular formula is C34H44FN5O4. The van der Waals surface area contributed by atoms with Crippen LogP contribution >= 0.6 is 0 Å². The number of ether oxygens (including phenoxy) is 2. The maximum Gasteiger partial charge on any atom is 0.410 e. The minimum absolute atomic E-state index is 0.000191. The van der Waals surface area contributed by atoms with Crippen molar-refractivity contribution in [3.05, 3.63) is 77.4 Å². The predicted molar refractivity (Wildman–Crippen MR) is 167 cm³/mol. The van der Waals surface area contributed by atoms with E-state index in [4.69, 9.17) is 9.47 Å². The minimum atomic E-state index is -0.563. The number of nitrogens with zero attached hydrogens (tertiary/aromatic N) is 4. The molecule has 9 nitrogen and oxygen atoms in total. The van der Waals surface area contributed by atoms with E-state index in [9.17, 15) is 14.0 Å². The number of para-hydroxylation sites is 1. The predicted octanol–water partition coefficient (Wildman–Crippen LogP) is 5.78. The molecule has 236 valence electrons. The van der Waals surface area contributed by atoms with Crippen molar-refractivity contribution in [1.82, 2.24) is 24.9 Å². The fraction of sp³-hybridized carbons (Fsp3) is 0.500. The average molecular weight is 606 g/mol. The highest BCUT2D eigenvalue weighted by molar-refractivity contribution is 5.95. The Kier molecular flexibility index (Phi) is 9.88. The first-order valence-electron chi connectivity index (χ1n) is 15.6. The Morgan fingerprint density at radius 3 is 2.32 bits per heavy atom. The van der Waals surface area contributed by atoms with Crippen molar-refractivity contribution < 1.29 is 23.5 Å². The topological polar surface area (TPSA) is 88.9 Å². The van der Waals surface area contributed by atoms with E-state index in [2.05, 4.69) is 21.4 Å². The zero-order chi connectivity index (χ0) is 31.3. The van der Waals surface area contributed by atoms with Crippen LogP contribution < -0.4 is 10.1 Å². The number of hydrogen-bond donors (Lipinski definition) is 1. The molecule has 1 N–H and O–H groups in total. The Bertz CT molecular complexity index is 1420. The van der Waals surface area contributed by atoms with Crippen molar-refractivity contribution in [3.8, 4) is 11.4 Å². The minimum Gasteiger partial charge on any atom is -0.496 e. The first-order valence-corrected chi connectivity index (χ1v) is 15.6. The molecule has 2 aromatic carbocycles. The zero-order valence-electron chi connectivity index (χ0n) is 26.2. The quantitative estimate of drug-likeness (QED) is 0.351. The van der Waals surface area contributed by atoms with Gasteiger partial charge >= 0.3 is 6.09 Å². The lowest BCUT2D eigenvalue weighted by molar-refractivity contribution is 0.0203. The van der Waals surface area contributed by atoms with Crippen LogP contribution in [-0.4, -0.2) is 77.0 Å². The van der Waals surface area contributed by atoms with Crippen molar-refractivity contribution >= 4 is 12.0 Å². The number of benzene rings is 2. The van der Waals surface area contributed by atoms with Gasteiger partial charge in [0.1, 0.15) is 17.2 Å². The van der Waals surface area contributed by atoms with Crippen molar-refractivity contribution in [2.75, 3.05) is 39.8 Å². The maximum atomic E-state index is 13.7. The first-order chi connectivity index (χ1) is 21.1. The van der Waals surface area contributed by atoms with Gasteiger partial charge in [-0.25, -0.2) is 13.9 Å². The van der Waals surface area contributed by atoms with Gasteiger partial charge in [-0.3, -0.25) is 9.69 Å². The number of halogens is 1. The van der Waals surface area contributed by atoms with Gasteiger partial charge in [0.05, 0.1) is 30.3 Å². The number of likely N-dealkylation sites (tertiary alicyclic amines) is 2. The number of rotatable bonds is 8. The third-order valence-corrected chi connectivity index (χ3v) is 8.50.